The van der Waals surface area contributed by atoms with Crippen LogP contribution in [-0.2, 0) is 0 Å². The van der Waals surface area contributed by atoms with Gasteiger partial charge in [0.15, 0.2) is 0 Å². The van der Waals surface area contributed by atoms with Gasteiger partial charge in [0.25, 0.3) is 0 Å². The fourth-order valence-corrected chi connectivity index (χ4v) is 1.64. The van der Waals surface area contributed by atoms with Gasteiger partial charge in [-0.15, -0.1) is 0 Å². The molecule has 1 aromatic carbocycles. The van der Waals surface area contributed by atoms with Crippen LogP contribution in [0.15, 0.2) is 18.2 Å². The maximum Gasteiger partial charge on any atom is 0.141 e. The van der Waals surface area contributed by atoms with Crippen molar-refractivity contribution in [1.82, 2.24) is 0 Å². The molecule has 0 radical (unpaired) electrons. The largest absolute Gasteiger partial charge is 0.206 e. The predicted molar refractivity (Wildman–Crippen MR) is 47.6 cm³/mol. The fraction of sp³-hybridized carbons (Fsp3) is 0.364. The smallest absolute Gasteiger partial charge is 0.141 e. The highest BCUT2D eigenvalue weighted by Crippen LogP contribution is 2.46. The van der Waals surface area contributed by atoms with Crippen LogP contribution in [-0.4, -0.2) is 0 Å². The van der Waals surface area contributed by atoms with Crippen molar-refractivity contribution in [3.05, 3.63) is 35.1 Å². The van der Waals surface area contributed by atoms with Gasteiger partial charge < -0.3 is 0 Å². The van der Waals surface area contributed by atoms with E-state index < -0.39 is 0 Å². The summed E-state index contributed by atoms with van der Waals surface area (Å²) in [5, 5.41) is 8.53. The maximum absolute atomic E-state index is 13.1. The Balaban J connectivity index is 2.32. The predicted octanol–water partition coefficient (Wildman–Crippen LogP) is 2.82. The summed E-state index contributed by atoms with van der Waals surface area (Å²) in [7, 11) is 0. The van der Waals surface area contributed by atoms with Gasteiger partial charge in [0.05, 0.1) is 5.56 Å². The number of nitrogens with zero attached hydrogens (tertiary/aromatic N) is 1. The van der Waals surface area contributed by atoms with E-state index in [9.17, 15) is 4.39 Å². The lowest BCUT2D eigenvalue weighted by molar-refractivity contribution is 0.621. The quantitative estimate of drug-likeness (QED) is 0.643. The number of rotatable bonds is 1. The molecule has 66 valence electrons. The molecule has 0 unspecified atom stereocenters. The third-order valence-electron chi connectivity index (χ3n) is 2.65. The molecule has 0 heterocycles. The van der Waals surface area contributed by atoms with E-state index >= 15 is 0 Å². The molecule has 2 atom stereocenters. The molecular formula is C11H10FN. The van der Waals surface area contributed by atoms with Crippen molar-refractivity contribution in [2.24, 2.45) is 5.92 Å². The zero-order valence-electron chi connectivity index (χ0n) is 7.42. The molecular weight excluding hydrogens is 165 g/mol. The van der Waals surface area contributed by atoms with Gasteiger partial charge in [-0.3, -0.25) is 0 Å². The Hall–Kier alpha value is -1.36. The molecule has 1 aromatic rings. The molecule has 13 heavy (non-hydrogen) atoms. The van der Waals surface area contributed by atoms with E-state index in [1.807, 2.05) is 12.1 Å². The Morgan fingerprint density at radius 2 is 2.23 bits per heavy atom. The summed E-state index contributed by atoms with van der Waals surface area (Å²) in [6, 6.07) is 6.73. The molecule has 0 N–H and O–H groups in total. The van der Waals surface area contributed by atoms with E-state index in [2.05, 4.69) is 6.92 Å². The van der Waals surface area contributed by atoms with Gasteiger partial charge in [0.2, 0.25) is 0 Å². The van der Waals surface area contributed by atoms with Crippen LogP contribution >= 0.6 is 0 Å². The van der Waals surface area contributed by atoms with E-state index in [1.165, 1.54) is 6.07 Å². The Morgan fingerprint density at radius 3 is 2.69 bits per heavy atom. The fourth-order valence-electron chi connectivity index (χ4n) is 1.64. The van der Waals surface area contributed by atoms with Gasteiger partial charge in [-0.1, -0.05) is 13.0 Å². The van der Waals surface area contributed by atoms with E-state index in [0.29, 0.717) is 11.8 Å². The minimum Gasteiger partial charge on any atom is -0.206 e. The first kappa shape index (κ1) is 8.25. The summed E-state index contributed by atoms with van der Waals surface area (Å²) in [6.07, 6.45) is 1.14. The molecule has 0 saturated heterocycles. The summed E-state index contributed by atoms with van der Waals surface area (Å²) in [4.78, 5) is 0. The van der Waals surface area contributed by atoms with Crippen molar-refractivity contribution in [1.29, 1.82) is 5.26 Å². The molecule has 1 fully saturated rings. The zero-order chi connectivity index (χ0) is 9.42. The highest BCUT2D eigenvalue weighted by molar-refractivity contribution is 5.36. The van der Waals surface area contributed by atoms with E-state index in [0.717, 1.165) is 12.0 Å². The average molecular weight is 175 g/mol. The number of hydrogen-bond acceptors (Lipinski definition) is 1. The Morgan fingerprint density at radius 1 is 1.54 bits per heavy atom. The van der Waals surface area contributed by atoms with E-state index in [-0.39, 0.29) is 11.4 Å². The lowest BCUT2D eigenvalue weighted by Crippen LogP contribution is -1.87. The molecule has 0 bridgehead atoms. The molecule has 1 aliphatic rings. The van der Waals surface area contributed by atoms with Crippen molar-refractivity contribution >= 4 is 0 Å². The van der Waals surface area contributed by atoms with Crippen LogP contribution in [0.3, 0.4) is 0 Å². The van der Waals surface area contributed by atoms with Crippen molar-refractivity contribution < 1.29 is 4.39 Å². The van der Waals surface area contributed by atoms with Gasteiger partial charge in [-0.2, -0.15) is 5.26 Å². The average Bonchev–Trinajstić information content (AvgIpc) is 2.82. The molecule has 0 aliphatic heterocycles. The van der Waals surface area contributed by atoms with Crippen LogP contribution in [0.2, 0.25) is 0 Å². The van der Waals surface area contributed by atoms with Crippen LogP contribution in [0.1, 0.15) is 30.4 Å². The number of hydrogen-bond donors (Lipinski definition) is 0. The second kappa shape index (κ2) is 2.85. The second-order valence-corrected chi connectivity index (χ2v) is 3.67. The first-order chi connectivity index (χ1) is 6.22. The van der Waals surface area contributed by atoms with Gasteiger partial charge in [-0.25, -0.2) is 4.39 Å². The normalized spacial score (nSPS) is 25.3. The van der Waals surface area contributed by atoms with Gasteiger partial charge in [0.1, 0.15) is 11.9 Å². The maximum atomic E-state index is 13.1. The molecule has 2 rings (SSSR count). The highest BCUT2D eigenvalue weighted by atomic mass is 19.1. The van der Waals surface area contributed by atoms with Crippen LogP contribution in [0.5, 0.6) is 0 Å². The minimum atomic E-state index is -0.390. The molecule has 0 amide bonds. The summed E-state index contributed by atoms with van der Waals surface area (Å²) in [5.41, 5.74) is 1.17. The molecule has 1 nitrogen and oxygen atoms in total. The lowest BCUT2D eigenvalue weighted by atomic mass is 10.1. The number of halogens is 1. The Kier molecular flexibility index (Phi) is 1.81. The Bertz CT molecular complexity index is 378. The van der Waals surface area contributed by atoms with Gasteiger partial charge in [-0.05, 0) is 36.0 Å². The van der Waals surface area contributed by atoms with E-state index in [4.69, 9.17) is 5.26 Å². The van der Waals surface area contributed by atoms with Crippen LogP contribution in [0.4, 0.5) is 4.39 Å². The lowest BCUT2D eigenvalue weighted by Gasteiger charge is -1.99. The van der Waals surface area contributed by atoms with Crippen molar-refractivity contribution in [3.63, 3.8) is 0 Å². The van der Waals surface area contributed by atoms with Gasteiger partial charge in [0, 0.05) is 0 Å². The number of benzene rings is 1. The van der Waals surface area contributed by atoms with Gasteiger partial charge >= 0.3 is 0 Å². The molecule has 1 saturated carbocycles. The molecule has 1 aliphatic carbocycles. The van der Waals surface area contributed by atoms with E-state index in [1.54, 1.807) is 6.07 Å². The van der Waals surface area contributed by atoms with Crippen molar-refractivity contribution in [2.45, 2.75) is 19.3 Å². The monoisotopic (exact) mass is 175 g/mol. The topological polar surface area (TPSA) is 23.8 Å². The minimum absolute atomic E-state index is 0.136. The SMILES string of the molecule is C[C@H]1C[C@@H]1c1ccc(C#N)c(F)c1. The third kappa shape index (κ3) is 1.42. The molecule has 2 heteroatoms. The first-order valence-corrected chi connectivity index (χ1v) is 4.42. The standard InChI is InChI=1S/C11H10FN/c1-7-4-10(7)8-2-3-9(6-13)11(12)5-8/h2-3,5,7,10H,4H2,1H3/t7-,10-/m0/s1. The molecule has 0 aromatic heterocycles. The summed E-state index contributed by atoms with van der Waals surface area (Å²) >= 11 is 0. The van der Waals surface area contributed by atoms with Crippen molar-refractivity contribution in [2.75, 3.05) is 0 Å². The van der Waals surface area contributed by atoms with Crippen molar-refractivity contribution in [3.8, 4) is 6.07 Å². The molecule has 0 spiro atoms. The summed E-state index contributed by atoms with van der Waals surface area (Å²) in [5.74, 6) is 0.800. The Labute approximate surface area is 76.8 Å². The first-order valence-electron chi connectivity index (χ1n) is 4.42. The van der Waals surface area contributed by atoms with Crippen LogP contribution in [0, 0.1) is 23.1 Å². The highest BCUT2D eigenvalue weighted by Gasteiger charge is 2.34. The summed E-state index contributed by atoms with van der Waals surface area (Å²) in [6.45, 7) is 2.15. The van der Waals surface area contributed by atoms with Crippen LogP contribution in [0.25, 0.3) is 0 Å². The van der Waals surface area contributed by atoms with Crippen LogP contribution < -0.4 is 0 Å². The summed E-state index contributed by atoms with van der Waals surface area (Å²) < 4.78 is 13.1. The second-order valence-electron chi connectivity index (χ2n) is 3.67. The number of nitriles is 1. The zero-order valence-corrected chi connectivity index (χ0v) is 7.42. The third-order valence-corrected chi connectivity index (χ3v) is 2.65.